The molecule has 5 nitrogen and oxygen atoms in total. The van der Waals surface area contributed by atoms with Crippen LogP contribution < -0.4 is 5.32 Å². The highest BCUT2D eigenvalue weighted by Crippen LogP contribution is 2.00. The van der Waals surface area contributed by atoms with Crippen molar-refractivity contribution < 1.29 is 4.79 Å². The van der Waals surface area contributed by atoms with Crippen molar-refractivity contribution in [3.63, 3.8) is 0 Å². The fourth-order valence-electron chi connectivity index (χ4n) is 1.09. The third-order valence-electron chi connectivity index (χ3n) is 1.70. The normalized spacial score (nSPS) is 16.1. The Labute approximate surface area is 69.1 Å². The quantitative estimate of drug-likeness (QED) is 0.596. The third kappa shape index (κ3) is 0.990. The van der Waals surface area contributed by atoms with Crippen LogP contribution in [0.4, 0.5) is 0 Å². The summed E-state index contributed by atoms with van der Waals surface area (Å²) < 4.78 is 1.81. The smallest absolute Gasteiger partial charge is 0.247 e. The molecule has 1 aromatic rings. The van der Waals surface area contributed by atoms with Gasteiger partial charge in [-0.05, 0) is 0 Å². The van der Waals surface area contributed by atoms with Crippen LogP contribution in [-0.4, -0.2) is 27.8 Å². The van der Waals surface area contributed by atoms with E-state index in [2.05, 4.69) is 15.3 Å². The molecule has 0 fully saturated rings. The summed E-state index contributed by atoms with van der Waals surface area (Å²) in [6.45, 7) is 0.223. The van der Waals surface area contributed by atoms with Gasteiger partial charge < -0.3 is 9.88 Å². The lowest BCUT2D eigenvalue weighted by Crippen LogP contribution is -2.26. The molecule has 2 rings (SSSR count). The second kappa shape index (κ2) is 2.44. The van der Waals surface area contributed by atoms with Crippen molar-refractivity contribution in [3.05, 3.63) is 18.2 Å². The topological polar surface area (TPSA) is 59.3 Å². The molecule has 0 atom stereocenters. The molecule has 1 aliphatic heterocycles. The predicted molar refractivity (Wildman–Crippen MR) is 42.8 cm³/mol. The largest absolute Gasteiger partial charge is 0.331 e. The molecule has 0 bridgehead atoms. The van der Waals surface area contributed by atoms with E-state index in [-0.39, 0.29) is 12.5 Å². The zero-order valence-corrected chi connectivity index (χ0v) is 6.61. The standard InChI is InChI=1S/C7H8N4O/c1-11-4-8-2-5(11)7-9-3-6(12)10-7/h2,4H,3H2,1H3,(H,9,10,12). The van der Waals surface area contributed by atoms with Crippen LogP contribution in [-0.2, 0) is 11.8 Å². The first-order valence-electron chi connectivity index (χ1n) is 3.58. The maximum absolute atomic E-state index is 10.8. The summed E-state index contributed by atoms with van der Waals surface area (Å²) >= 11 is 0. The van der Waals surface area contributed by atoms with E-state index in [1.807, 2.05) is 11.6 Å². The maximum Gasteiger partial charge on any atom is 0.247 e. The van der Waals surface area contributed by atoms with E-state index in [0.29, 0.717) is 5.84 Å². The van der Waals surface area contributed by atoms with Crippen LogP contribution in [0.2, 0.25) is 0 Å². The minimum Gasteiger partial charge on any atom is -0.331 e. The van der Waals surface area contributed by atoms with Gasteiger partial charge in [0.1, 0.15) is 12.2 Å². The van der Waals surface area contributed by atoms with Crippen molar-refractivity contribution in [2.45, 2.75) is 0 Å². The summed E-state index contributed by atoms with van der Waals surface area (Å²) in [5.41, 5.74) is 0.834. The first-order chi connectivity index (χ1) is 5.77. The number of amidine groups is 1. The maximum atomic E-state index is 10.8. The Morgan fingerprint density at radius 3 is 3.00 bits per heavy atom. The number of nitrogens with one attached hydrogen (secondary N) is 1. The van der Waals surface area contributed by atoms with Gasteiger partial charge in [-0.25, -0.2) is 4.98 Å². The van der Waals surface area contributed by atoms with Crippen LogP contribution in [0.3, 0.4) is 0 Å². The van der Waals surface area contributed by atoms with Gasteiger partial charge in [-0.3, -0.25) is 9.79 Å². The highest BCUT2D eigenvalue weighted by Gasteiger charge is 2.16. The second-order valence-electron chi connectivity index (χ2n) is 2.60. The number of amides is 1. The average Bonchev–Trinajstić information content (AvgIpc) is 2.58. The summed E-state index contributed by atoms with van der Waals surface area (Å²) in [6.07, 6.45) is 3.34. The van der Waals surface area contributed by atoms with Gasteiger partial charge in [-0.15, -0.1) is 0 Å². The molecule has 0 aromatic carbocycles. The summed E-state index contributed by atoms with van der Waals surface area (Å²) in [6, 6.07) is 0. The van der Waals surface area contributed by atoms with Crippen molar-refractivity contribution in [3.8, 4) is 0 Å². The highest BCUT2D eigenvalue weighted by atomic mass is 16.2. The molecule has 1 N–H and O–H groups in total. The van der Waals surface area contributed by atoms with Gasteiger partial charge in [0.2, 0.25) is 5.91 Å². The van der Waals surface area contributed by atoms with Crippen molar-refractivity contribution in [1.82, 2.24) is 14.9 Å². The Morgan fingerprint density at radius 1 is 1.67 bits per heavy atom. The third-order valence-corrected chi connectivity index (χ3v) is 1.70. The number of hydrogen-bond donors (Lipinski definition) is 1. The average molecular weight is 164 g/mol. The van der Waals surface area contributed by atoms with E-state index in [0.717, 1.165) is 5.69 Å². The monoisotopic (exact) mass is 164 g/mol. The molecule has 62 valence electrons. The summed E-state index contributed by atoms with van der Waals surface area (Å²) in [4.78, 5) is 18.7. The minimum absolute atomic E-state index is 0.0637. The van der Waals surface area contributed by atoms with Gasteiger partial charge in [0.05, 0.1) is 12.5 Å². The Hall–Kier alpha value is -1.65. The number of aryl methyl sites for hydroxylation is 1. The Kier molecular flexibility index (Phi) is 1.43. The van der Waals surface area contributed by atoms with Crippen LogP contribution >= 0.6 is 0 Å². The van der Waals surface area contributed by atoms with Gasteiger partial charge in [-0.2, -0.15) is 0 Å². The fraction of sp³-hybridized carbons (Fsp3) is 0.286. The molecule has 1 amide bonds. The number of carbonyl (C=O) groups is 1. The molecular weight excluding hydrogens is 156 g/mol. The molecule has 0 radical (unpaired) electrons. The number of carbonyl (C=O) groups excluding carboxylic acids is 1. The van der Waals surface area contributed by atoms with Crippen molar-refractivity contribution in [2.24, 2.45) is 12.0 Å². The molecule has 2 heterocycles. The van der Waals surface area contributed by atoms with Crippen LogP contribution in [0.1, 0.15) is 5.69 Å². The first kappa shape index (κ1) is 7.02. The van der Waals surface area contributed by atoms with E-state index in [4.69, 9.17) is 0 Å². The lowest BCUT2D eigenvalue weighted by atomic mass is 10.4. The van der Waals surface area contributed by atoms with E-state index >= 15 is 0 Å². The molecule has 1 aromatic heterocycles. The van der Waals surface area contributed by atoms with E-state index < -0.39 is 0 Å². The van der Waals surface area contributed by atoms with Crippen LogP contribution in [0.5, 0.6) is 0 Å². The van der Waals surface area contributed by atoms with Crippen LogP contribution in [0.15, 0.2) is 17.5 Å². The van der Waals surface area contributed by atoms with E-state index in [9.17, 15) is 4.79 Å². The predicted octanol–water partition coefficient (Wildman–Crippen LogP) is -0.704. The molecule has 12 heavy (non-hydrogen) atoms. The summed E-state index contributed by atoms with van der Waals surface area (Å²) in [7, 11) is 1.86. The van der Waals surface area contributed by atoms with Crippen molar-refractivity contribution >= 4 is 11.7 Å². The van der Waals surface area contributed by atoms with Gasteiger partial charge >= 0.3 is 0 Å². The fourth-order valence-corrected chi connectivity index (χ4v) is 1.09. The molecule has 0 aliphatic carbocycles. The Bertz CT molecular complexity index is 352. The van der Waals surface area contributed by atoms with E-state index in [1.54, 1.807) is 12.5 Å². The highest BCUT2D eigenvalue weighted by molar-refractivity contribution is 6.11. The van der Waals surface area contributed by atoms with Crippen LogP contribution in [0, 0.1) is 0 Å². The molecule has 0 saturated carbocycles. The van der Waals surface area contributed by atoms with Gasteiger partial charge in [0.15, 0.2) is 5.84 Å². The lowest BCUT2D eigenvalue weighted by Gasteiger charge is -2.00. The number of aliphatic imine (C=N–C) groups is 1. The Morgan fingerprint density at radius 2 is 2.50 bits per heavy atom. The second-order valence-corrected chi connectivity index (χ2v) is 2.60. The molecular formula is C7H8N4O. The minimum atomic E-state index is -0.0637. The number of aromatic nitrogens is 2. The van der Waals surface area contributed by atoms with Crippen LogP contribution in [0.25, 0.3) is 0 Å². The molecule has 0 unspecified atom stereocenters. The summed E-state index contributed by atoms with van der Waals surface area (Å²) in [5, 5.41) is 2.65. The first-order valence-corrected chi connectivity index (χ1v) is 3.58. The number of hydrogen-bond acceptors (Lipinski definition) is 3. The van der Waals surface area contributed by atoms with Crippen molar-refractivity contribution in [1.29, 1.82) is 0 Å². The molecule has 5 heteroatoms. The molecule has 1 aliphatic rings. The summed E-state index contributed by atoms with van der Waals surface area (Å²) in [5.74, 6) is 0.547. The van der Waals surface area contributed by atoms with E-state index in [1.165, 1.54) is 0 Å². The number of imidazole rings is 1. The Balaban J connectivity index is 2.33. The molecule has 0 saturated heterocycles. The number of nitrogens with zero attached hydrogens (tertiary/aromatic N) is 3. The lowest BCUT2D eigenvalue weighted by molar-refractivity contribution is -0.117. The zero-order chi connectivity index (χ0) is 8.55. The number of rotatable bonds is 1. The van der Waals surface area contributed by atoms with Crippen molar-refractivity contribution in [2.75, 3.05) is 6.54 Å². The van der Waals surface area contributed by atoms with Gasteiger partial charge in [0, 0.05) is 7.05 Å². The van der Waals surface area contributed by atoms with Gasteiger partial charge in [-0.1, -0.05) is 0 Å². The zero-order valence-electron chi connectivity index (χ0n) is 6.61. The molecule has 0 spiro atoms. The van der Waals surface area contributed by atoms with Gasteiger partial charge in [0.25, 0.3) is 0 Å². The SMILES string of the molecule is Cn1cncc1C1=NCC(=O)N1.